The predicted molar refractivity (Wildman–Crippen MR) is 96.6 cm³/mol. The van der Waals surface area contributed by atoms with Crippen LogP contribution < -0.4 is 5.32 Å². The van der Waals surface area contributed by atoms with Gasteiger partial charge in [-0.05, 0) is 26.0 Å². The molecule has 8 nitrogen and oxygen atoms in total. The SMILES string of the molecule is CCOC(=O)c1ccccc1NC(=O)COC(=O)c1c(C)noc1C(C)C. The molecule has 0 radical (unpaired) electrons. The van der Waals surface area contributed by atoms with E-state index in [1.165, 1.54) is 6.07 Å². The number of amides is 1. The van der Waals surface area contributed by atoms with Crippen molar-refractivity contribution >= 4 is 23.5 Å². The van der Waals surface area contributed by atoms with Crippen LogP contribution in [0.25, 0.3) is 0 Å². The van der Waals surface area contributed by atoms with E-state index in [9.17, 15) is 14.4 Å². The normalized spacial score (nSPS) is 10.6. The summed E-state index contributed by atoms with van der Waals surface area (Å²) in [7, 11) is 0. The largest absolute Gasteiger partial charge is 0.462 e. The maximum Gasteiger partial charge on any atom is 0.344 e. The zero-order valence-electron chi connectivity index (χ0n) is 15.7. The summed E-state index contributed by atoms with van der Waals surface area (Å²) in [4.78, 5) is 36.4. The number of esters is 2. The van der Waals surface area contributed by atoms with Crippen molar-refractivity contribution in [2.45, 2.75) is 33.6 Å². The first-order valence-corrected chi connectivity index (χ1v) is 8.54. The highest BCUT2D eigenvalue weighted by atomic mass is 16.5. The van der Waals surface area contributed by atoms with Gasteiger partial charge in [0, 0.05) is 5.92 Å². The number of benzene rings is 1. The predicted octanol–water partition coefficient (Wildman–Crippen LogP) is 3.08. The number of para-hydroxylation sites is 1. The molecule has 144 valence electrons. The standard InChI is InChI=1S/C19H22N2O6/c1-5-25-18(23)13-8-6-7-9-14(13)20-15(22)10-26-19(24)16-12(4)21-27-17(16)11(2)3/h6-9,11H,5,10H2,1-4H3,(H,20,22). The molecule has 1 aromatic heterocycles. The first-order valence-electron chi connectivity index (χ1n) is 8.54. The molecule has 0 saturated heterocycles. The summed E-state index contributed by atoms with van der Waals surface area (Å²) < 4.78 is 15.2. The fourth-order valence-electron chi connectivity index (χ4n) is 2.40. The maximum atomic E-state index is 12.3. The van der Waals surface area contributed by atoms with E-state index in [0.29, 0.717) is 11.5 Å². The monoisotopic (exact) mass is 374 g/mol. The Morgan fingerprint density at radius 3 is 2.52 bits per heavy atom. The third-order valence-corrected chi connectivity index (χ3v) is 3.65. The minimum absolute atomic E-state index is 0.0565. The van der Waals surface area contributed by atoms with Gasteiger partial charge in [0.25, 0.3) is 5.91 Å². The number of carbonyl (C=O) groups excluding carboxylic acids is 3. The third-order valence-electron chi connectivity index (χ3n) is 3.65. The van der Waals surface area contributed by atoms with Gasteiger partial charge < -0.3 is 19.3 Å². The highest BCUT2D eigenvalue weighted by Gasteiger charge is 2.24. The molecule has 2 rings (SSSR count). The summed E-state index contributed by atoms with van der Waals surface area (Å²) in [6, 6.07) is 6.42. The summed E-state index contributed by atoms with van der Waals surface area (Å²) in [6.07, 6.45) is 0. The molecular formula is C19H22N2O6. The lowest BCUT2D eigenvalue weighted by Crippen LogP contribution is -2.23. The highest BCUT2D eigenvalue weighted by Crippen LogP contribution is 2.23. The van der Waals surface area contributed by atoms with Crippen molar-refractivity contribution in [3.05, 3.63) is 46.8 Å². The van der Waals surface area contributed by atoms with E-state index < -0.39 is 24.5 Å². The van der Waals surface area contributed by atoms with Gasteiger partial charge in [-0.25, -0.2) is 9.59 Å². The van der Waals surface area contributed by atoms with Gasteiger partial charge in [0.2, 0.25) is 0 Å². The number of hydrogen-bond donors (Lipinski definition) is 1. The van der Waals surface area contributed by atoms with Gasteiger partial charge in [0.1, 0.15) is 5.56 Å². The van der Waals surface area contributed by atoms with Gasteiger partial charge in [-0.3, -0.25) is 4.79 Å². The molecule has 8 heteroatoms. The second-order valence-corrected chi connectivity index (χ2v) is 6.05. The number of rotatable bonds is 7. The molecule has 0 bridgehead atoms. The Labute approximate surface area is 156 Å². The third kappa shape index (κ3) is 4.93. The van der Waals surface area contributed by atoms with Crippen LogP contribution in [0.3, 0.4) is 0 Å². The Morgan fingerprint density at radius 1 is 1.15 bits per heavy atom. The van der Waals surface area contributed by atoms with E-state index in [1.807, 2.05) is 13.8 Å². The lowest BCUT2D eigenvalue weighted by atomic mass is 10.1. The first kappa shape index (κ1) is 20.2. The number of hydrogen-bond acceptors (Lipinski definition) is 7. The van der Waals surface area contributed by atoms with Crippen LogP contribution in [-0.4, -0.2) is 36.2 Å². The number of nitrogens with zero attached hydrogens (tertiary/aromatic N) is 1. The average Bonchev–Trinajstić information content (AvgIpc) is 3.02. The summed E-state index contributed by atoms with van der Waals surface area (Å²) in [5, 5.41) is 6.32. The molecule has 0 saturated carbocycles. The lowest BCUT2D eigenvalue weighted by molar-refractivity contribution is -0.119. The lowest BCUT2D eigenvalue weighted by Gasteiger charge is -2.11. The maximum absolute atomic E-state index is 12.3. The number of carbonyl (C=O) groups is 3. The quantitative estimate of drug-likeness (QED) is 0.742. The van der Waals surface area contributed by atoms with Gasteiger partial charge >= 0.3 is 11.9 Å². The molecule has 0 aliphatic carbocycles. The van der Waals surface area contributed by atoms with Gasteiger partial charge in [-0.2, -0.15) is 0 Å². The zero-order chi connectivity index (χ0) is 20.0. The molecule has 0 spiro atoms. The molecule has 1 amide bonds. The summed E-state index contributed by atoms with van der Waals surface area (Å²) in [5.41, 5.74) is 1.12. The number of anilines is 1. The Kier molecular flexibility index (Phi) is 6.70. The van der Waals surface area contributed by atoms with Crippen LogP contribution in [0.5, 0.6) is 0 Å². The molecule has 1 heterocycles. The van der Waals surface area contributed by atoms with Crippen LogP contribution in [0.1, 0.15) is 58.9 Å². The molecule has 0 fully saturated rings. The van der Waals surface area contributed by atoms with E-state index in [0.717, 1.165) is 0 Å². The van der Waals surface area contributed by atoms with Crippen molar-refractivity contribution in [1.82, 2.24) is 5.16 Å². The fraction of sp³-hybridized carbons (Fsp3) is 0.368. The van der Waals surface area contributed by atoms with Crippen molar-refractivity contribution in [1.29, 1.82) is 0 Å². The molecule has 0 atom stereocenters. The zero-order valence-corrected chi connectivity index (χ0v) is 15.7. The fourth-order valence-corrected chi connectivity index (χ4v) is 2.40. The highest BCUT2D eigenvalue weighted by molar-refractivity contribution is 6.02. The number of aromatic nitrogens is 1. The smallest absolute Gasteiger partial charge is 0.344 e. The van der Waals surface area contributed by atoms with E-state index in [-0.39, 0.29) is 29.3 Å². The van der Waals surface area contributed by atoms with Gasteiger partial charge in [-0.15, -0.1) is 0 Å². The Balaban J connectivity index is 2.03. The Morgan fingerprint density at radius 2 is 1.85 bits per heavy atom. The molecular weight excluding hydrogens is 352 g/mol. The van der Waals surface area contributed by atoms with Gasteiger partial charge in [0.15, 0.2) is 12.4 Å². The van der Waals surface area contributed by atoms with Crippen LogP contribution in [0.2, 0.25) is 0 Å². The molecule has 1 aromatic carbocycles. The minimum atomic E-state index is -0.689. The Hall–Kier alpha value is -3.16. The van der Waals surface area contributed by atoms with E-state index in [1.54, 1.807) is 32.0 Å². The topological polar surface area (TPSA) is 108 Å². The minimum Gasteiger partial charge on any atom is -0.462 e. The van der Waals surface area contributed by atoms with Crippen LogP contribution in [-0.2, 0) is 14.3 Å². The second-order valence-electron chi connectivity index (χ2n) is 6.05. The average molecular weight is 374 g/mol. The second kappa shape index (κ2) is 8.98. The van der Waals surface area contributed by atoms with E-state index >= 15 is 0 Å². The van der Waals surface area contributed by atoms with Crippen LogP contribution in [0.4, 0.5) is 5.69 Å². The molecule has 0 unspecified atom stereocenters. The molecule has 0 aliphatic heterocycles. The van der Waals surface area contributed by atoms with E-state index in [2.05, 4.69) is 10.5 Å². The molecule has 2 aromatic rings. The number of nitrogens with one attached hydrogen (secondary N) is 1. The van der Waals surface area contributed by atoms with E-state index in [4.69, 9.17) is 14.0 Å². The first-order chi connectivity index (χ1) is 12.8. The van der Waals surface area contributed by atoms with Crippen LogP contribution >= 0.6 is 0 Å². The summed E-state index contributed by atoms with van der Waals surface area (Å²) >= 11 is 0. The van der Waals surface area contributed by atoms with Crippen molar-refractivity contribution in [2.75, 3.05) is 18.5 Å². The summed E-state index contributed by atoms with van der Waals surface area (Å²) in [5.74, 6) is -1.47. The van der Waals surface area contributed by atoms with Crippen molar-refractivity contribution in [3.8, 4) is 0 Å². The van der Waals surface area contributed by atoms with Gasteiger partial charge in [-0.1, -0.05) is 31.1 Å². The summed E-state index contributed by atoms with van der Waals surface area (Å²) in [6.45, 7) is 6.73. The van der Waals surface area contributed by atoms with Crippen molar-refractivity contribution < 1.29 is 28.4 Å². The number of ether oxygens (including phenoxy) is 2. The van der Waals surface area contributed by atoms with Crippen LogP contribution in [0, 0.1) is 6.92 Å². The van der Waals surface area contributed by atoms with Crippen molar-refractivity contribution in [3.63, 3.8) is 0 Å². The van der Waals surface area contributed by atoms with Gasteiger partial charge in [0.05, 0.1) is 23.6 Å². The molecule has 1 N–H and O–H groups in total. The van der Waals surface area contributed by atoms with Crippen molar-refractivity contribution in [2.24, 2.45) is 0 Å². The Bertz CT molecular complexity index is 840. The molecule has 0 aliphatic rings. The number of aryl methyl sites for hydroxylation is 1. The van der Waals surface area contributed by atoms with Crippen LogP contribution in [0.15, 0.2) is 28.8 Å². The molecule has 27 heavy (non-hydrogen) atoms.